The number of nitrogens with one attached hydrogen (secondary N) is 1. The average Bonchev–Trinajstić information content (AvgIpc) is 2.48. The summed E-state index contributed by atoms with van der Waals surface area (Å²) in [5.74, 6) is -3.88. The van der Waals surface area contributed by atoms with Gasteiger partial charge in [0.2, 0.25) is 0 Å². The Hall–Kier alpha value is -2.02. The molecule has 2 rings (SSSR count). The molecule has 7 heteroatoms. The molecular formula is C14H16F2N2O3. The Kier molecular flexibility index (Phi) is 4.85. The SMILES string of the molecule is O=C(NCN1CCCC(C(=O)O)C1)c1ccc(F)c(F)c1. The molecular weight excluding hydrogens is 282 g/mol. The summed E-state index contributed by atoms with van der Waals surface area (Å²) in [5.41, 5.74) is 0.0284. The van der Waals surface area contributed by atoms with Crippen LogP contribution in [0.25, 0.3) is 0 Å². The van der Waals surface area contributed by atoms with Gasteiger partial charge >= 0.3 is 5.97 Å². The maximum atomic E-state index is 13.0. The molecule has 0 radical (unpaired) electrons. The second-order valence-corrected chi connectivity index (χ2v) is 5.05. The lowest BCUT2D eigenvalue weighted by atomic mass is 9.99. The van der Waals surface area contributed by atoms with E-state index in [0.717, 1.165) is 18.6 Å². The van der Waals surface area contributed by atoms with Crippen molar-refractivity contribution in [2.45, 2.75) is 12.8 Å². The van der Waals surface area contributed by atoms with E-state index in [1.165, 1.54) is 6.07 Å². The molecule has 1 aromatic carbocycles. The van der Waals surface area contributed by atoms with Crippen LogP contribution in [0.5, 0.6) is 0 Å². The third-order valence-electron chi connectivity index (χ3n) is 3.50. The van der Waals surface area contributed by atoms with Gasteiger partial charge in [-0.1, -0.05) is 0 Å². The number of carboxylic acid groups (broad SMARTS) is 1. The first-order chi connectivity index (χ1) is 9.97. The summed E-state index contributed by atoms with van der Waals surface area (Å²) in [5, 5.41) is 11.6. The van der Waals surface area contributed by atoms with E-state index in [1.807, 2.05) is 4.90 Å². The maximum Gasteiger partial charge on any atom is 0.307 e. The molecule has 1 saturated heterocycles. The standard InChI is InChI=1S/C14H16F2N2O3/c15-11-4-3-9(6-12(11)16)13(19)17-8-18-5-1-2-10(7-18)14(20)21/h3-4,6,10H,1-2,5,7-8H2,(H,17,19)(H,20,21). The number of piperidine rings is 1. The molecule has 0 spiro atoms. The first-order valence-electron chi connectivity index (χ1n) is 6.66. The number of hydrogen-bond acceptors (Lipinski definition) is 3. The third-order valence-corrected chi connectivity index (χ3v) is 3.50. The zero-order valence-electron chi connectivity index (χ0n) is 11.3. The van der Waals surface area contributed by atoms with Gasteiger partial charge in [0.15, 0.2) is 11.6 Å². The smallest absolute Gasteiger partial charge is 0.307 e. The van der Waals surface area contributed by atoms with Crippen molar-refractivity contribution in [1.29, 1.82) is 0 Å². The lowest BCUT2D eigenvalue weighted by Gasteiger charge is -2.30. The Morgan fingerprint density at radius 1 is 1.33 bits per heavy atom. The molecule has 2 N–H and O–H groups in total. The van der Waals surface area contributed by atoms with Crippen LogP contribution in [-0.2, 0) is 4.79 Å². The fourth-order valence-corrected chi connectivity index (χ4v) is 2.32. The van der Waals surface area contributed by atoms with Crippen LogP contribution >= 0.6 is 0 Å². The van der Waals surface area contributed by atoms with Crippen molar-refractivity contribution in [3.63, 3.8) is 0 Å². The topological polar surface area (TPSA) is 69.6 Å². The van der Waals surface area contributed by atoms with Crippen molar-refractivity contribution in [3.8, 4) is 0 Å². The van der Waals surface area contributed by atoms with Gasteiger partial charge in [-0.25, -0.2) is 8.78 Å². The van der Waals surface area contributed by atoms with Gasteiger partial charge in [0, 0.05) is 12.1 Å². The first kappa shape index (κ1) is 15.4. The summed E-state index contributed by atoms with van der Waals surface area (Å²) < 4.78 is 25.8. The quantitative estimate of drug-likeness (QED) is 0.882. The van der Waals surface area contributed by atoms with Crippen LogP contribution in [0.3, 0.4) is 0 Å². The highest BCUT2D eigenvalue weighted by Gasteiger charge is 2.25. The normalized spacial score (nSPS) is 19.2. The van der Waals surface area contributed by atoms with Gasteiger partial charge in [0.05, 0.1) is 12.6 Å². The number of rotatable bonds is 4. The summed E-state index contributed by atoms with van der Waals surface area (Å²) in [6.45, 7) is 1.25. The highest BCUT2D eigenvalue weighted by atomic mass is 19.2. The molecule has 21 heavy (non-hydrogen) atoms. The van der Waals surface area contributed by atoms with Crippen molar-refractivity contribution in [2.24, 2.45) is 5.92 Å². The van der Waals surface area contributed by atoms with Crippen LogP contribution in [0.15, 0.2) is 18.2 Å². The third kappa shape index (κ3) is 3.98. The molecule has 0 bridgehead atoms. The number of carbonyl (C=O) groups excluding carboxylic acids is 1. The van der Waals surface area contributed by atoms with Gasteiger partial charge in [-0.2, -0.15) is 0 Å². The molecule has 1 atom stereocenters. The molecule has 0 aromatic heterocycles. The minimum absolute atomic E-state index is 0.0284. The Balaban J connectivity index is 1.88. The minimum Gasteiger partial charge on any atom is -0.481 e. The lowest BCUT2D eigenvalue weighted by molar-refractivity contribution is -0.143. The van der Waals surface area contributed by atoms with E-state index in [9.17, 15) is 18.4 Å². The fourth-order valence-electron chi connectivity index (χ4n) is 2.32. The van der Waals surface area contributed by atoms with Crippen LogP contribution in [-0.4, -0.2) is 41.6 Å². The summed E-state index contributed by atoms with van der Waals surface area (Å²) in [4.78, 5) is 24.6. The highest BCUT2D eigenvalue weighted by molar-refractivity contribution is 5.94. The zero-order chi connectivity index (χ0) is 15.4. The van der Waals surface area contributed by atoms with E-state index in [0.29, 0.717) is 19.5 Å². The Morgan fingerprint density at radius 3 is 2.76 bits per heavy atom. The molecule has 1 amide bonds. The van der Waals surface area contributed by atoms with Gasteiger partial charge < -0.3 is 10.4 Å². The highest BCUT2D eigenvalue weighted by Crippen LogP contribution is 2.16. The van der Waals surface area contributed by atoms with Crippen LogP contribution in [0.1, 0.15) is 23.2 Å². The molecule has 1 heterocycles. The number of halogens is 2. The number of carbonyl (C=O) groups is 2. The summed E-state index contributed by atoms with van der Waals surface area (Å²) in [6, 6.07) is 2.93. The van der Waals surface area contributed by atoms with E-state index in [1.54, 1.807) is 0 Å². The Bertz CT molecular complexity index is 551. The van der Waals surface area contributed by atoms with Crippen molar-refractivity contribution in [3.05, 3.63) is 35.4 Å². The maximum absolute atomic E-state index is 13.0. The van der Waals surface area contributed by atoms with Crippen molar-refractivity contribution >= 4 is 11.9 Å². The second kappa shape index (κ2) is 6.62. The van der Waals surface area contributed by atoms with Gasteiger partial charge in [-0.05, 0) is 37.6 Å². The minimum atomic E-state index is -1.08. The summed E-state index contributed by atoms with van der Waals surface area (Å²) in [7, 11) is 0. The Morgan fingerprint density at radius 2 is 2.10 bits per heavy atom. The number of nitrogens with zero attached hydrogens (tertiary/aromatic N) is 1. The molecule has 1 aliphatic rings. The molecule has 1 fully saturated rings. The van der Waals surface area contributed by atoms with Crippen LogP contribution in [0, 0.1) is 17.6 Å². The van der Waals surface area contributed by atoms with Crippen LogP contribution in [0.4, 0.5) is 8.78 Å². The predicted molar refractivity (Wildman–Crippen MR) is 70.6 cm³/mol. The Labute approximate surface area is 120 Å². The molecule has 0 saturated carbocycles. The van der Waals surface area contributed by atoms with Crippen molar-refractivity contribution < 1.29 is 23.5 Å². The number of likely N-dealkylation sites (tertiary alicyclic amines) is 1. The predicted octanol–water partition coefficient (Wildman–Crippen LogP) is 1.45. The zero-order valence-corrected chi connectivity index (χ0v) is 11.3. The van der Waals surface area contributed by atoms with Crippen molar-refractivity contribution in [1.82, 2.24) is 10.2 Å². The van der Waals surface area contributed by atoms with Crippen LogP contribution in [0.2, 0.25) is 0 Å². The molecule has 114 valence electrons. The average molecular weight is 298 g/mol. The van der Waals surface area contributed by atoms with E-state index in [-0.39, 0.29) is 12.2 Å². The molecule has 5 nitrogen and oxygen atoms in total. The number of carboxylic acids is 1. The molecule has 1 unspecified atom stereocenters. The number of amides is 1. The largest absolute Gasteiger partial charge is 0.481 e. The van der Waals surface area contributed by atoms with E-state index >= 15 is 0 Å². The number of benzene rings is 1. The number of aliphatic carboxylic acids is 1. The summed E-state index contributed by atoms with van der Waals surface area (Å²) in [6.07, 6.45) is 1.38. The molecule has 1 aliphatic heterocycles. The van der Waals surface area contributed by atoms with Gasteiger partial charge in [-0.15, -0.1) is 0 Å². The summed E-state index contributed by atoms with van der Waals surface area (Å²) >= 11 is 0. The molecule has 1 aromatic rings. The second-order valence-electron chi connectivity index (χ2n) is 5.05. The van der Waals surface area contributed by atoms with Crippen molar-refractivity contribution in [2.75, 3.05) is 19.8 Å². The van der Waals surface area contributed by atoms with E-state index in [2.05, 4.69) is 5.32 Å². The van der Waals surface area contributed by atoms with Gasteiger partial charge in [0.1, 0.15) is 0 Å². The number of hydrogen-bond donors (Lipinski definition) is 2. The molecule has 0 aliphatic carbocycles. The fraction of sp³-hybridized carbons (Fsp3) is 0.429. The monoisotopic (exact) mass is 298 g/mol. The van der Waals surface area contributed by atoms with E-state index in [4.69, 9.17) is 5.11 Å². The van der Waals surface area contributed by atoms with Gasteiger partial charge in [-0.3, -0.25) is 14.5 Å². The van der Waals surface area contributed by atoms with Gasteiger partial charge in [0.25, 0.3) is 5.91 Å². The first-order valence-corrected chi connectivity index (χ1v) is 6.66. The van der Waals surface area contributed by atoms with Crippen LogP contribution < -0.4 is 5.32 Å². The lowest BCUT2D eigenvalue weighted by Crippen LogP contribution is -2.44. The van der Waals surface area contributed by atoms with E-state index < -0.39 is 29.4 Å².